The minimum Gasteiger partial charge on any atom is -0.506 e. The van der Waals surface area contributed by atoms with Gasteiger partial charge in [0.1, 0.15) is 11.5 Å². The summed E-state index contributed by atoms with van der Waals surface area (Å²) in [6.45, 7) is -0.518. The fourth-order valence-corrected chi connectivity index (χ4v) is 1.62. The summed E-state index contributed by atoms with van der Waals surface area (Å²) in [5.74, 6) is -0.859. The zero-order valence-electron chi connectivity index (χ0n) is 8.33. The Labute approximate surface area is 103 Å². The number of aromatic hydroxyl groups is 1. The van der Waals surface area contributed by atoms with E-state index in [1.807, 2.05) is 0 Å². The van der Waals surface area contributed by atoms with Crippen LogP contribution in [0.4, 0.5) is 13.2 Å². The van der Waals surface area contributed by atoms with Crippen LogP contribution in [-0.4, -0.2) is 23.2 Å². The first-order valence-corrected chi connectivity index (χ1v) is 5.18. The Morgan fingerprint density at radius 2 is 2.00 bits per heavy atom. The predicted octanol–water partition coefficient (Wildman–Crippen LogP) is 2.05. The van der Waals surface area contributed by atoms with Gasteiger partial charge in [-0.2, -0.15) is 0 Å². The minimum atomic E-state index is -4.84. The van der Waals surface area contributed by atoms with Crippen molar-refractivity contribution in [2.75, 3.05) is 6.61 Å². The van der Waals surface area contributed by atoms with Crippen molar-refractivity contribution in [2.24, 2.45) is 5.73 Å². The second-order valence-corrected chi connectivity index (χ2v) is 4.03. The van der Waals surface area contributed by atoms with E-state index in [4.69, 9.17) is 10.8 Å². The van der Waals surface area contributed by atoms with Crippen molar-refractivity contribution >= 4 is 15.9 Å². The zero-order chi connectivity index (χ0) is 13.2. The van der Waals surface area contributed by atoms with Gasteiger partial charge in [-0.1, -0.05) is 0 Å². The van der Waals surface area contributed by atoms with Crippen LogP contribution in [0.5, 0.6) is 11.5 Å². The van der Waals surface area contributed by atoms with Gasteiger partial charge in [0.25, 0.3) is 0 Å². The summed E-state index contributed by atoms with van der Waals surface area (Å²) in [5, 5.41) is 18.4. The van der Waals surface area contributed by atoms with Crippen LogP contribution in [0, 0.1) is 0 Å². The third kappa shape index (κ3) is 3.76. The van der Waals surface area contributed by atoms with Gasteiger partial charge in [-0.15, -0.1) is 13.2 Å². The average Bonchev–Trinajstić information content (AvgIpc) is 2.19. The lowest BCUT2D eigenvalue weighted by Gasteiger charge is -2.15. The highest BCUT2D eigenvalue weighted by atomic mass is 79.9. The maximum absolute atomic E-state index is 12.0. The number of hydrogen-bond acceptors (Lipinski definition) is 4. The Hall–Kier alpha value is -0.990. The zero-order valence-corrected chi connectivity index (χ0v) is 9.92. The molecule has 0 saturated carbocycles. The van der Waals surface area contributed by atoms with E-state index in [1.165, 1.54) is 0 Å². The summed E-state index contributed by atoms with van der Waals surface area (Å²) in [4.78, 5) is 0. The molecule has 0 saturated heterocycles. The van der Waals surface area contributed by atoms with E-state index in [9.17, 15) is 18.3 Å². The molecule has 0 aliphatic carbocycles. The van der Waals surface area contributed by atoms with Crippen molar-refractivity contribution in [1.82, 2.24) is 0 Å². The summed E-state index contributed by atoms with van der Waals surface area (Å²) in [7, 11) is 0. The van der Waals surface area contributed by atoms with Gasteiger partial charge in [-0.05, 0) is 28.1 Å². The normalized spacial score (nSPS) is 13.5. The Bertz CT molecular complexity index is 411. The average molecular weight is 316 g/mol. The first-order valence-electron chi connectivity index (χ1n) is 4.39. The third-order valence-electron chi connectivity index (χ3n) is 1.90. The molecule has 0 heterocycles. The third-order valence-corrected chi connectivity index (χ3v) is 2.50. The molecule has 1 atom stereocenters. The van der Waals surface area contributed by atoms with Gasteiger partial charge in [-0.3, -0.25) is 0 Å². The Morgan fingerprint density at radius 1 is 1.41 bits per heavy atom. The van der Waals surface area contributed by atoms with Crippen LogP contribution in [0.1, 0.15) is 11.6 Å². The van der Waals surface area contributed by atoms with Crippen molar-refractivity contribution in [3.63, 3.8) is 0 Å². The molecule has 1 aromatic rings. The topological polar surface area (TPSA) is 75.7 Å². The molecule has 96 valence electrons. The van der Waals surface area contributed by atoms with Crippen LogP contribution in [0.3, 0.4) is 0 Å². The Balaban J connectivity index is 3.15. The number of nitrogens with two attached hydrogens (primary N) is 1. The second-order valence-electron chi connectivity index (χ2n) is 3.18. The number of alkyl halides is 3. The maximum atomic E-state index is 12.0. The molecule has 0 aliphatic rings. The molecule has 1 aromatic carbocycles. The van der Waals surface area contributed by atoms with Gasteiger partial charge in [0.05, 0.1) is 17.1 Å². The molecule has 17 heavy (non-hydrogen) atoms. The molecule has 0 spiro atoms. The fourth-order valence-electron chi connectivity index (χ4n) is 1.17. The lowest BCUT2D eigenvalue weighted by Crippen LogP contribution is -2.19. The summed E-state index contributed by atoms with van der Waals surface area (Å²) in [5.41, 5.74) is 5.39. The molecule has 4 nitrogen and oxygen atoms in total. The molecular formula is C9H9BrF3NO3. The van der Waals surface area contributed by atoms with E-state index in [-0.39, 0.29) is 15.8 Å². The van der Waals surface area contributed by atoms with Crippen LogP contribution in [0.2, 0.25) is 0 Å². The molecule has 4 N–H and O–H groups in total. The van der Waals surface area contributed by atoms with E-state index in [1.54, 1.807) is 0 Å². The molecule has 0 aromatic heterocycles. The van der Waals surface area contributed by atoms with E-state index in [0.717, 1.165) is 12.1 Å². The van der Waals surface area contributed by atoms with Crippen LogP contribution in [-0.2, 0) is 0 Å². The fraction of sp³-hybridized carbons (Fsp3) is 0.333. The lowest BCUT2D eigenvalue weighted by atomic mass is 10.1. The van der Waals surface area contributed by atoms with Crippen LogP contribution in [0.15, 0.2) is 16.6 Å². The first kappa shape index (κ1) is 14.1. The Kier molecular flexibility index (Phi) is 4.23. The van der Waals surface area contributed by atoms with Gasteiger partial charge in [0.15, 0.2) is 0 Å². The van der Waals surface area contributed by atoms with Gasteiger partial charge in [-0.25, -0.2) is 0 Å². The van der Waals surface area contributed by atoms with E-state index < -0.39 is 24.8 Å². The van der Waals surface area contributed by atoms with E-state index in [0.29, 0.717) is 0 Å². The summed E-state index contributed by atoms with van der Waals surface area (Å²) >= 11 is 2.87. The number of phenols is 1. The molecule has 1 rings (SSSR count). The minimum absolute atomic E-state index is 0.00171. The number of hydrogen-bond donors (Lipinski definition) is 3. The number of rotatable bonds is 3. The lowest BCUT2D eigenvalue weighted by molar-refractivity contribution is -0.274. The van der Waals surface area contributed by atoms with Crippen molar-refractivity contribution < 1.29 is 28.1 Å². The van der Waals surface area contributed by atoms with Gasteiger partial charge in [0, 0.05) is 5.56 Å². The van der Waals surface area contributed by atoms with Gasteiger partial charge >= 0.3 is 6.36 Å². The molecule has 0 radical (unpaired) electrons. The van der Waals surface area contributed by atoms with Crippen molar-refractivity contribution in [3.05, 3.63) is 22.2 Å². The molecule has 8 heteroatoms. The number of aliphatic hydroxyl groups is 1. The summed E-state index contributed by atoms with van der Waals surface area (Å²) < 4.78 is 39.7. The SMILES string of the molecule is N[C@@H](CO)c1cc(OC(F)(F)F)cc(Br)c1O. The van der Waals surface area contributed by atoms with Gasteiger partial charge < -0.3 is 20.7 Å². The molecule has 0 fully saturated rings. The predicted molar refractivity (Wildman–Crippen MR) is 56.5 cm³/mol. The number of ether oxygens (including phenoxy) is 1. The van der Waals surface area contributed by atoms with Gasteiger partial charge in [0.2, 0.25) is 0 Å². The highest BCUT2D eigenvalue weighted by Gasteiger charge is 2.32. The number of aliphatic hydroxyl groups excluding tert-OH is 1. The van der Waals surface area contributed by atoms with E-state index in [2.05, 4.69) is 20.7 Å². The monoisotopic (exact) mass is 315 g/mol. The second kappa shape index (κ2) is 5.11. The van der Waals surface area contributed by atoms with Crippen molar-refractivity contribution in [2.45, 2.75) is 12.4 Å². The quantitative estimate of drug-likeness (QED) is 0.798. The van der Waals surface area contributed by atoms with Crippen molar-refractivity contribution in [1.29, 1.82) is 0 Å². The number of phenolic OH excluding ortho intramolecular Hbond substituents is 1. The summed E-state index contributed by atoms with van der Waals surface area (Å²) in [6, 6.07) is 0.883. The number of benzene rings is 1. The molecule has 0 bridgehead atoms. The van der Waals surface area contributed by atoms with Crippen LogP contribution >= 0.6 is 15.9 Å². The van der Waals surface area contributed by atoms with Crippen LogP contribution in [0.25, 0.3) is 0 Å². The van der Waals surface area contributed by atoms with Crippen molar-refractivity contribution in [3.8, 4) is 11.5 Å². The van der Waals surface area contributed by atoms with E-state index >= 15 is 0 Å². The maximum Gasteiger partial charge on any atom is 0.573 e. The number of halogens is 4. The first-order chi connectivity index (χ1) is 7.74. The Morgan fingerprint density at radius 3 is 2.47 bits per heavy atom. The molecule has 0 unspecified atom stereocenters. The smallest absolute Gasteiger partial charge is 0.506 e. The molecule has 0 aliphatic heterocycles. The summed E-state index contributed by atoms with van der Waals surface area (Å²) in [6.07, 6.45) is -4.84. The largest absolute Gasteiger partial charge is 0.573 e. The standard InChI is InChI=1S/C9H9BrF3NO3/c10-6-2-4(17-9(11,12)13)1-5(8(6)16)7(14)3-15/h1-2,7,15-16H,3,14H2/t7-/m0/s1. The molecule has 0 amide bonds. The highest BCUT2D eigenvalue weighted by molar-refractivity contribution is 9.10. The highest BCUT2D eigenvalue weighted by Crippen LogP contribution is 2.37. The molecular weight excluding hydrogens is 307 g/mol. The van der Waals surface area contributed by atoms with Crippen LogP contribution < -0.4 is 10.5 Å².